The molecule has 0 amide bonds. The van der Waals surface area contributed by atoms with Gasteiger partial charge in [-0.15, -0.1) is 0 Å². The number of hydrogen-bond acceptors (Lipinski definition) is 1. The summed E-state index contributed by atoms with van der Waals surface area (Å²) >= 11 is 0. The van der Waals surface area contributed by atoms with E-state index < -0.39 is 0 Å². The Kier molecular flexibility index (Phi) is 7.12. The van der Waals surface area contributed by atoms with Crippen molar-refractivity contribution < 1.29 is 0 Å². The van der Waals surface area contributed by atoms with Gasteiger partial charge in [-0.1, -0.05) is 33.6 Å². The van der Waals surface area contributed by atoms with Gasteiger partial charge >= 0.3 is 0 Å². The molecule has 0 aromatic rings. The molecule has 0 aromatic heterocycles. The van der Waals surface area contributed by atoms with Crippen molar-refractivity contribution in [2.75, 3.05) is 6.54 Å². The Morgan fingerprint density at radius 1 is 1.17 bits per heavy atom. The second kappa shape index (κ2) is 7.33. The van der Waals surface area contributed by atoms with Crippen LogP contribution in [0, 0.1) is 11.8 Å². The summed E-state index contributed by atoms with van der Waals surface area (Å²) in [5.74, 6) is 1.70. The van der Waals surface area contributed by atoms with Gasteiger partial charge in [0.25, 0.3) is 0 Å². The second-order valence-corrected chi connectivity index (χ2v) is 3.88. The molecule has 0 aliphatic heterocycles. The standard InChI is InChI=1S/C11H23N/c1-5-12-9-7-6-8-11(4)10(2)3/h5,10-11H,6-9H2,1-4H3/t11-/m1/s1. The first-order chi connectivity index (χ1) is 5.68. The van der Waals surface area contributed by atoms with Crippen molar-refractivity contribution in [1.29, 1.82) is 0 Å². The van der Waals surface area contributed by atoms with Crippen molar-refractivity contribution in [2.45, 2.75) is 47.0 Å². The summed E-state index contributed by atoms with van der Waals surface area (Å²) in [4.78, 5) is 4.19. The van der Waals surface area contributed by atoms with E-state index in [1.54, 1.807) is 0 Å². The van der Waals surface area contributed by atoms with Crippen molar-refractivity contribution in [3.8, 4) is 0 Å². The summed E-state index contributed by atoms with van der Waals surface area (Å²) in [6, 6.07) is 0. The number of aliphatic imine (C=N–C) groups is 1. The highest BCUT2D eigenvalue weighted by Gasteiger charge is 2.05. The fourth-order valence-corrected chi connectivity index (χ4v) is 1.13. The molecule has 0 spiro atoms. The largest absolute Gasteiger partial charge is 0.298 e. The molecule has 0 saturated heterocycles. The minimum absolute atomic E-state index is 0.833. The van der Waals surface area contributed by atoms with Crippen molar-refractivity contribution in [1.82, 2.24) is 0 Å². The first-order valence-corrected chi connectivity index (χ1v) is 5.13. The van der Waals surface area contributed by atoms with Crippen LogP contribution in [0.4, 0.5) is 0 Å². The lowest BCUT2D eigenvalue weighted by atomic mass is 9.93. The van der Waals surface area contributed by atoms with E-state index in [0.29, 0.717) is 0 Å². The van der Waals surface area contributed by atoms with E-state index in [2.05, 4.69) is 25.8 Å². The number of hydrogen-bond donors (Lipinski definition) is 0. The van der Waals surface area contributed by atoms with Gasteiger partial charge in [0.05, 0.1) is 0 Å². The molecule has 1 heteroatoms. The predicted molar refractivity (Wildman–Crippen MR) is 56.9 cm³/mol. The van der Waals surface area contributed by atoms with Gasteiger partial charge in [0.2, 0.25) is 0 Å². The molecule has 0 aromatic carbocycles. The van der Waals surface area contributed by atoms with Crippen LogP contribution in [0.2, 0.25) is 0 Å². The van der Waals surface area contributed by atoms with Gasteiger partial charge in [-0.2, -0.15) is 0 Å². The molecule has 0 saturated carbocycles. The third kappa shape index (κ3) is 6.38. The molecule has 1 nitrogen and oxygen atoms in total. The molecule has 0 N–H and O–H groups in total. The van der Waals surface area contributed by atoms with Gasteiger partial charge in [0.1, 0.15) is 0 Å². The molecule has 0 rings (SSSR count). The molecule has 0 radical (unpaired) electrons. The lowest BCUT2D eigenvalue weighted by molar-refractivity contribution is 0.379. The molecular weight excluding hydrogens is 146 g/mol. The highest BCUT2D eigenvalue weighted by atomic mass is 14.7. The zero-order valence-corrected chi connectivity index (χ0v) is 9.01. The zero-order valence-electron chi connectivity index (χ0n) is 9.01. The third-order valence-electron chi connectivity index (χ3n) is 2.52. The normalized spacial score (nSPS) is 14.4. The smallest absolute Gasteiger partial charge is 0.0385 e. The maximum Gasteiger partial charge on any atom is 0.0385 e. The van der Waals surface area contributed by atoms with E-state index >= 15 is 0 Å². The minimum atomic E-state index is 0.833. The van der Waals surface area contributed by atoms with Crippen LogP contribution in [-0.2, 0) is 0 Å². The number of nitrogens with zero attached hydrogens (tertiary/aromatic N) is 1. The lowest BCUT2D eigenvalue weighted by Crippen LogP contribution is -2.03. The van der Waals surface area contributed by atoms with E-state index in [4.69, 9.17) is 0 Å². The van der Waals surface area contributed by atoms with E-state index in [9.17, 15) is 0 Å². The van der Waals surface area contributed by atoms with E-state index in [1.165, 1.54) is 19.3 Å². The summed E-state index contributed by atoms with van der Waals surface area (Å²) in [5.41, 5.74) is 0. The van der Waals surface area contributed by atoms with Crippen LogP contribution in [-0.4, -0.2) is 12.8 Å². The average Bonchev–Trinajstić information content (AvgIpc) is 2.03. The topological polar surface area (TPSA) is 12.4 Å². The highest BCUT2D eigenvalue weighted by Crippen LogP contribution is 2.16. The van der Waals surface area contributed by atoms with Gasteiger partial charge in [-0.25, -0.2) is 0 Å². The quantitative estimate of drug-likeness (QED) is 0.426. The van der Waals surface area contributed by atoms with Gasteiger partial charge in [0.15, 0.2) is 0 Å². The lowest BCUT2D eigenvalue weighted by Gasteiger charge is -2.14. The van der Waals surface area contributed by atoms with Gasteiger partial charge in [-0.3, -0.25) is 4.99 Å². The van der Waals surface area contributed by atoms with Crippen LogP contribution in [0.5, 0.6) is 0 Å². The van der Waals surface area contributed by atoms with Crippen molar-refractivity contribution in [3.63, 3.8) is 0 Å². The first-order valence-electron chi connectivity index (χ1n) is 5.13. The van der Waals surface area contributed by atoms with E-state index in [0.717, 1.165) is 18.4 Å². The summed E-state index contributed by atoms with van der Waals surface area (Å²) < 4.78 is 0. The Balaban J connectivity index is 3.19. The fourth-order valence-electron chi connectivity index (χ4n) is 1.13. The van der Waals surface area contributed by atoms with Crippen LogP contribution >= 0.6 is 0 Å². The van der Waals surface area contributed by atoms with Crippen LogP contribution in [0.1, 0.15) is 47.0 Å². The van der Waals surface area contributed by atoms with E-state index in [-0.39, 0.29) is 0 Å². The van der Waals surface area contributed by atoms with Crippen LogP contribution < -0.4 is 0 Å². The minimum Gasteiger partial charge on any atom is -0.298 e. The predicted octanol–water partition coefficient (Wildman–Crippen LogP) is 3.54. The number of rotatable bonds is 6. The summed E-state index contributed by atoms with van der Waals surface area (Å²) in [6.07, 6.45) is 5.83. The molecular formula is C11H23N. The Hall–Kier alpha value is -0.330. The molecule has 1 atom stereocenters. The van der Waals surface area contributed by atoms with Gasteiger partial charge in [-0.05, 0) is 31.4 Å². The Bertz CT molecular complexity index is 116. The summed E-state index contributed by atoms with van der Waals surface area (Å²) in [6.45, 7) is 9.94. The van der Waals surface area contributed by atoms with Crippen LogP contribution in [0.15, 0.2) is 4.99 Å². The van der Waals surface area contributed by atoms with Gasteiger partial charge < -0.3 is 0 Å². The summed E-state index contributed by atoms with van der Waals surface area (Å²) in [7, 11) is 0. The molecule has 0 fully saturated rings. The Morgan fingerprint density at radius 3 is 2.33 bits per heavy atom. The molecule has 0 heterocycles. The Labute approximate surface area is 77.3 Å². The van der Waals surface area contributed by atoms with Crippen molar-refractivity contribution in [2.24, 2.45) is 16.8 Å². The average molecular weight is 169 g/mol. The molecule has 0 unspecified atom stereocenters. The molecule has 12 heavy (non-hydrogen) atoms. The fraction of sp³-hybridized carbons (Fsp3) is 0.909. The van der Waals surface area contributed by atoms with Crippen molar-refractivity contribution >= 4 is 6.21 Å². The van der Waals surface area contributed by atoms with Gasteiger partial charge in [0, 0.05) is 6.54 Å². The first kappa shape index (κ1) is 11.7. The third-order valence-corrected chi connectivity index (χ3v) is 2.52. The SMILES string of the molecule is CC=NCCCC[C@@H](C)C(C)C. The second-order valence-electron chi connectivity index (χ2n) is 3.88. The maximum absolute atomic E-state index is 4.19. The number of unbranched alkanes of at least 4 members (excludes halogenated alkanes) is 1. The maximum atomic E-state index is 4.19. The molecule has 0 aliphatic carbocycles. The molecule has 72 valence electrons. The highest BCUT2D eigenvalue weighted by molar-refractivity contribution is 5.53. The monoisotopic (exact) mass is 169 g/mol. The molecule has 0 bridgehead atoms. The van der Waals surface area contributed by atoms with E-state index in [1.807, 2.05) is 13.1 Å². The Morgan fingerprint density at radius 2 is 1.83 bits per heavy atom. The van der Waals surface area contributed by atoms with Crippen molar-refractivity contribution in [3.05, 3.63) is 0 Å². The molecule has 0 aliphatic rings. The van der Waals surface area contributed by atoms with Crippen LogP contribution in [0.25, 0.3) is 0 Å². The zero-order chi connectivity index (χ0) is 9.40. The van der Waals surface area contributed by atoms with Crippen LogP contribution in [0.3, 0.4) is 0 Å². The summed E-state index contributed by atoms with van der Waals surface area (Å²) in [5, 5.41) is 0.